The molecule has 0 spiro atoms. The van der Waals surface area contributed by atoms with Crippen LogP contribution in [0.4, 0.5) is 5.13 Å². The molecule has 1 amide bonds. The van der Waals surface area contributed by atoms with Crippen LogP contribution in [0, 0.1) is 6.92 Å². The average molecular weight is 401 g/mol. The van der Waals surface area contributed by atoms with Crippen molar-refractivity contribution in [2.45, 2.75) is 32.0 Å². The third kappa shape index (κ3) is 4.81. The van der Waals surface area contributed by atoms with E-state index in [-0.39, 0.29) is 11.7 Å². The van der Waals surface area contributed by atoms with Gasteiger partial charge in [0.05, 0.1) is 5.75 Å². The molecule has 2 aromatic heterocycles. The van der Waals surface area contributed by atoms with Gasteiger partial charge in [-0.3, -0.25) is 14.7 Å². The van der Waals surface area contributed by atoms with Gasteiger partial charge in [-0.25, -0.2) is 0 Å². The third-order valence-electron chi connectivity index (χ3n) is 3.65. The summed E-state index contributed by atoms with van der Waals surface area (Å²) < 4.78 is 1.96. The molecule has 0 aliphatic heterocycles. The first-order valence-corrected chi connectivity index (χ1v) is 10.3. The van der Waals surface area contributed by atoms with Crippen molar-refractivity contribution in [2.24, 2.45) is 0 Å². The molecule has 0 radical (unpaired) electrons. The van der Waals surface area contributed by atoms with E-state index >= 15 is 0 Å². The molecule has 0 aliphatic carbocycles. The van der Waals surface area contributed by atoms with Crippen molar-refractivity contribution in [1.82, 2.24) is 25.0 Å². The number of nitrogens with one attached hydrogen (secondary N) is 1. The first-order valence-electron chi connectivity index (χ1n) is 8.47. The smallest absolute Gasteiger partial charge is 0.236 e. The summed E-state index contributed by atoms with van der Waals surface area (Å²) in [4.78, 5) is 12.2. The predicted octanol–water partition coefficient (Wildman–Crippen LogP) is 3.58. The van der Waals surface area contributed by atoms with Crippen molar-refractivity contribution in [2.75, 3.05) is 11.1 Å². The molecule has 3 rings (SSSR count). The minimum Gasteiger partial charge on any atom is -0.300 e. The SMILES string of the molecule is C=CCn1c(SCC(=O)Nc2nnc(CC)s2)nnc1-c1cccc(C)c1. The Morgan fingerprint density at radius 1 is 1.33 bits per heavy atom. The number of hydrogen-bond acceptors (Lipinski definition) is 7. The average Bonchev–Trinajstić information content (AvgIpc) is 3.27. The number of benzene rings is 1. The number of carbonyl (C=O) groups is 1. The van der Waals surface area contributed by atoms with Gasteiger partial charge < -0.3 is 0 Å². The molecule has 0 atom stereocenters. The maximum atomic E-state index is 12.2. The van der Waals surface area contributed by atoms with E-state index in [9.17, 15) is 4.79 Å². The zero-order valence-electron chi connectivity index (χ0n) is 15.2. The van der Waals surface area contributed by atoms with Gasteiger partial charge in [0.1, 0.15) is 5.01 Å². The fourth-order valence-electron chi connectivity index (χ4n) is 2.42. The minimum absolute atomic E-state index is 0.149. The van der Waals surface area contributed by atoms with Gasteiger partial charge in [-0.2, -0.15) is 0 Å². The van der Waals surface area contributed by atoms with Crippen LogP contribution in [-0.2, 0) is 17.8 Å². The highest BCUT2D eigenvalue weighted by Crippen LogP contribution is 2.25. The summed E-state index contributed by atoms with van der Waals surface area (Å²) in [6.45, 7) is 8.41. The lowest BCUT2D eigenvalue weighted by Crippen LogP contribution is -2.14. The second-order valence-electron chi connectivity index (χ2n) is 5.77. The molecular formula is C18H20N6OS2. The zero-order valence-corrected chi connectivity index (χ0v) is 16.8. The Kier molecular flexibility index (Phi) is 6.36. The molecule has 0 unspecified atom stereocenters. The highest BCUT2D eigenvalue weighted by molar-refractivity contribution is 7.99. The molecule has 140 valence electrons. The molecule has 1 aromatic carbocycles. The van der Waals surface area contributed by atoms with Crippen molar-refractivity contribution in [3.63, 3.8) is 0 Å². The van der Waals surface area contributed by atoms with Gasteiger partial charge in [0, 0.05) is 12.1 Å². The highest BCUT2D eigenvalue weighted by Gasteiger charge is 2.15. The van der Waals surface area contributed by atoms with E-state index in [1.54, 1.807) is 6.08 Å². The number of carbonyl (C=O) groups excluding carboxylic acids is 1. The van der Waals surface area contributed by atoms with E-state index in [0.717, 1.165) is 28.4 Å². The van der Waals surface area contributed by atoms with E-state index in [1.165, 1.54) is 23.1 Å². The number of aromatic nitrogens is 5. The molecule has 27 heavy (non-hydrogen) atoms. The minimum atomic E-state index is -0.149. The standard InChI is InChI=1S/C18H20N6OS2/c1-4-9-24-16(13-8-6-7-12(3)10-13)21-23-18(24)26-11-14(25)19-17-22-20-15(5-2)27-17/h4,6-8,10H,1,5,9,11H2,2-3H3,(H,19,22,25). The molecule has 7 nitrogen and oxygen atoms in total. The van der Waals surface area contributed by atoms with Crippen LogP contribution in [0.5, 0.6) is 0 Å². The van der Waals surface area contributed by atoms with Crippen LogP contribution >= 0.6 is 23.1 Å². The number of rotatable bonds is 8. The van der Waals surface area contributed by atoms with Crippen LogP contribution in [0.25, 0.3) is 11.4 Å². The summed E-state index contributed by atoms with van der Waals surface area (Å²) >= 11 is 2.72. The van der Waals surface area contributed by atoms with Gasteiger partial charge in [-0.1, -0.05) is 59.9 Å². The predicted molar refractivity (Wildman–Crippen MR) is 109 cm³/mol. The zero-order chi connectivity index (χ0) is 19.2. The first kappa shape index (κ1) is 19.2. The normalized spacial score (nSPS) is 10.7. The summed E-state index contributed by atoms with van der Waals surface area (Å²) in [6, 6.07) is 8.09. The van der Waals surface area contributed by atoms with Gasteiger partial charge in [0.15, 0.2) is 11.0 Å². The molecule has 1 N–H and O–H groups in total. The Labute approximate surface area is 165 Å². The molecule has 9 heteroatoms. The monoisotopic (exact) mass is 400 g/mol. The molecule has 0 bridgehead atoms. The number of thioether (sulfide) groups is 1. The van der Waals surface area contributed by atoms with Gasteiger partial charge in [-0.05, 0) is 19.4 Å². The summed E-state index contributed by atoms with van der Waals surface area (Å²) in [7, 11) is 0. The lowest BCUT2D eigenvalue weighted by molar-refractivity contribution is -0.113. The van der Waals surface area contributed by atoms with E-state index in [4.69, 9.17) is 0 Å². The molecular weight excluding hydrogens is 380 g/mol. The van der Waals surface area contributed by atoms with Crippen LogP contribution in [-0.4, -0.2) is 36.6 Å². The van der Waals surface area contributed by atoms with Crippen LogP contribution in [0.15, 0.2) is 42.1 Å². The van der Waals surface area contributed by atoms with Gasteiger partial charge in [0.2, 0.25) is 11.0 Å². The second-order valence-corrected chi connectivity index (χ2v) is 7.77. The molecule has 2 heterocycles. The van der Waals surface area contributed by atoms with E-state index in [0.29, 0.717) is 16.8 Å². The lowest BCUT2D eigenvalue weighted by Gasteiger charge is -2.08. The Balaban J connectivity index is 1.71. The number of hydrogen-bond donors (Lipinski definition) is 1. The molecule has 0 saturated carbocycles. The number of allylic oxidation sites excluding steroid dienone is 1. The molecule has 0 saturated heterocycles. The quantitative estimate of drug-likeness (QED) is 0.459. The summed E-state index contributed by atoms with van der Waals surface area (Å²) in [5.74, 6) is 0.826. The Bertz CT molecular complexity index is 949. The van der Waals surface area contributed by atoms with Gasteiger partial charge >= 0.3 is 0 Å². The first-order chi connectivity index (χ1) is 13.1. The van der Waals surface area contributed by atoms with Crippen LogP contribution in [0.3, 0.4) is 0 Å². The maximum absolute atomic E-state index is 12.2. The summed E-state index contributed by atoms with van der Waals surface area (Å²) in [6.07, 6.45) is 2.59. The van der Waals surface area contributed by atoms with Crippen LogP contribution in [0.2, 0.25) is 0 Å². The lowest BCUT2D eigenvalue weighted by atomic mass is 10.1. The van der Waals surface area contributed by atoms with Crippen molar-refractivity contribution in [3.05, 3.63) is 47.5 Å². The Morgan fingerprint density at radius 3 is 2.89 bits per heavy atom. The van der Waals surface area contributed by atoms with E-state index in [1.807, 2.05) is 36.6 Å². The number of anilines is 1. The fourth-order valence-corrected chi connectivity index (χ4v) is 3.86. The maximum Gasteiger partial charge on any atom is 0.236 e. The van der Waals surface area contributed by atoms with Crippen LogP contribution in [0.1, 0.15) is 17.5 Å². The van der Waals surface area contributed by atoms with E-state index < -0.39 is 0 Å². The highest BCUT2D eigenvalue weighted by atomic mass is 32.2. The third-order valence-corrected chi connectivity index (χ3v) is 5.60. The van der Waals surface area contributed by atoms with Crippen molar-refractivity contribution in [1.29, 1.82) is 0 Å². The topological polar surface area (TPSA) is 85.6 Å². The largest absolute Gasteiger partial charge is 0.300 e. The molecule has 3 aromatic rings. The number of nitrogens with zero attached hydrogens (tertiary/aromatic N) is 5. The second kappa shape index (κ2) is 8.92. The fraction of sp³-hybridized carbons (Fsp3) is 0.278. The summed E-state index contributed by atoms with van der Waals surface area (Å²) in [5.41, 5.74) is 2.14. The van der Waals surface area contributed by atoms with Crippen molar-refractivity contribution in [3.8, 4) is 11.4 Å². The van der Waals surface area contributed by atoms with Crippen LogP contribution < -0.4 is 5.32 Å². The number of aryl methyl sites for hydroxylation is 2. The van der Waals surface area contributed by atoms with Crippen molar-refractivity contribution >= 4 is 34.1 Å². The Hall–Kier alpha value is -2.52. The van der Waals surface area contributed by atoms with Gasteiger partial charge in [-0.15, -0.1) is 27.0 Å². The summed E-state index contributed by atoms with van der Waals surface area (Å²) in [5, 5.41) is 21.4. The molecule has 0 fully saturated rings. The van der Waals surface area contributed by atoms with E-state index in [2.05, 4.69) is 38.4 Å². The molecule has 0 aliphatic rings. The van der Waals surface area contributed by atoms with Crippen molar-refractivity contribution < 1.29 is 4.79 Å². The van der Waals surface area contributed by atoms with Gasteiger partial charge in [0.25, 0.3) is 0 Å². The Morgan fingerprint density at radius 2 is 2.19 bits per heavy atom. The number of amides is 1.